The topological polar surface area (TPSA) is 61.0 Å². The van der Waals surface area contributed by atoms with Crippen molar-refractivity contribution in [3.63, 3.8) is 0 Å². The summed E-state index contributed by atoms with van der Waals surface area (Å²) in [4.78, 5) is 8.31. The molecule has 0 spiro atoms. The number of hydrogen-bond acceptors (Lipinski definition) is 4. The number of nitrogens with zero attached hydrogens (tertiary/aromatic N) is 2. The Morgan fingerprint density at radius 3 is 2.71 bits per heavy atom. The second-order valence-electron chi connectivity index (χ2n) is 3.49. The summed E-state index contributed by atoms with van der Waals surface area (Å²) in [6.07, 6.45) is 7.30. The van der Waals surface area contributed by atoms with Crippen molar-refractivity contribution < 1.29 is 4.74 Å². The largest absolute Gasteiger partial charge is 0.373 e. The Balaban J connectivity index is 2.07. The fourth-order valence-corrected chi connectivity index (χ4v) is 1.64. The molecule has 1 saturated heterocycles. The number of hydrogen-bond donors (Lipinski definition) is 1. The van der Waals surface area contributed by atoms with Gasteiger partial charge in [-0.25, -0.2) is 9.97 Å². The molecule has 1 aromatic rings. The van der Waals surface area contributed by atoms with Crippen LogP contribution in [0.2, 0.25) is 0 Å². The summed E-state index contributed by atoms with van der Waals surface area (Å²) >= 11 is 0. The SMILES string of the molecule is NCc1ncc(C2CCCCO2)cn1. The zero-order valence-electron chi connectivity index (χ0n) is 8.15. The number of aromatic nitrogens is 2. The quantitative estimate of drug-likeness (QED) is 0.766. The van der Waals surface area contributed by atoms with Crippen LogP contribution in [-0.4, -0.2) is 16.6 Å². The minimum Gasteiger partial charge on any atom is -0.373 e. The normalized spacial score (nSPS) is 22.2. The predicted molar refractivity (Wildman–Crippen MR) is 52.5 cm³/mol. The minimum atomic E-state index is 0.190. The summed E-state index contributed by atoms with van der Waals surface area (Å²) in [7, 11) is 0. The van der Waals surface area contributed by atoms with Crippen molar-refractivity contribution in [2.75, 3.05) is 6.61 Å². The van der Waals surface area contributed by atoms with Crippen LogP contribution in [0.25, 0.3) is 0 Å². The summed E-state index contributed by atoms with van der Waals surface area (Å²) < 4.78 is 5.63. The van der Waals surface area contributed by atoms with Crippen molar-refractivity contribution in [1.82, 2.24) is 9.97 Å². The van der Waals surface area contributed by atoms with Crippen LogP contribution >= 0.6 is 0 Å². The maximum Gasteiger partial charge on any atom is 0.141 e. The summed E-state index contributed by atoms with van der Waals surface area (Å²) in [5, 5.41) is 0. The lowest BCUT2D eigenvalue weighted by Gasteiger charge is -2.22. The fraction of sp³-hybridized carbons (Fsp3) is 0.600. The van der Waals surface area contributed by atoms with Crippen LogP contribution in [-0.2, 0) is 11.3 Å². The average Bonchev–Trinajstić information content (AvgIpc) is 2.30. The zero-order chi connectivity index (χ0) is 9.80. The molecule has 2 N–H and O–H groups in total. The number of nitrogens with two attached hydrogens (primary N) is 1. The van der Waals surface area contributed by atoms with E-state index in [9.17, 15) is 0 Å². The lowest BCUT2D eigenvalue weighted by Crippen LogP contribution is -2.13. The average molecular weight is 193 g/mol. The Morgan fingerprint density at radius 1 is 1.36 bits per heavy atom. The van der Waals surface area contributed by atoms with Crippen LogP contribution in [0.1, 0.15) is 36.8 Å². The summed E-state index contributed by atoms with van der Waals surface area (Å²) in [5.74, 6) is 0.685. The highest BCUT2D eigenvalue weighted by molar-refractivity contribution is 5.09. The van der Waals surface area contributed by atoms with Crippen molar-refractivity contribution in [2.24, 2.45) is 5.73 Å². The van der Waals surface area contributed by atoms with Gasteiger partial charge in [0.2, 0.25) is 0 Å². The van der Waals surface area contributed by atoms with Gasteiger partial charge in [0.05, 0.1) is 12.6 Å². The standard InChI is InChI=1S/C10H15N3O/c11-5-10-12-6-8(7-13-10)9-3-1-2-4-14-9/h6-7,9H,1-5,11H2. The Kier molecular flexibility index (Phi) is 3.06. The maximum absolute atomic E-state index is 5.63. The van der Waals surface area contributed by atoms with Gasteiger partial charge in [-0.1, -0.05) is 0 Å². The molecule has 2 rings (SSSR count). The molecule has 0 amide bonds. The Hall–Kier alpha value is -1.00. The number of rotatable bonds is 2. The second-order valence-corrected chi connectivity index (χ2v) is 3.49. The van der Waals surface area contributed by atoms with Gasteiger partial charge in [0, 0.05) is 24.6 Å². The van der Waals surface area contributed by atoms with Crippen molar-refractivity contribution >= 4 is 0 Å². The van der Waals surface area contributed by atoms with Crippen molar-refractivity contribution in [2.45, 2.75) is 31.9 Å². The third-order valence-corrected chi connectivity index (χ3v) is 2.46. The molecule has 0 bridgehead atoms. The molecule has 4 heteroatoms. The number of ether oxygens (including phenoxy) is 1. The van der Waals surface area contributed by atoms with Crippen molar-refractivity contribution in [1.29, 1.82) is 0 Å². The first-order valence-corrected chi connectivity index (χ1v) is 5.02. The van der Waals surface area contributed by atoms with Gasteiger partial charge >= 0.3 is 0 Å². The molecule has 2 heterocycles. The monoisotopic (exact) mass is 193 g/mol. The van der Waals surface area contributed by atoms with Crippen LogP contribution in [0.5, 0.6) is 0 Å². The molecule has 0 aromatic carbocycles. The van der Waals surface area contributed by atoms with Gasteiger partial charge in [0.1, 0.15) is 5.82 Å². The highest BCUT2D eigenvalue weighted by atomic mass is 16.5. The predicted octanol–water partition coefficient (Wildman–Crippen LogP) is 1.18. The van der Waals surface area contributed by atoms with E-state index in [-0.39, 0.29) is 6.10 Å². The van der Waals surface area contributed by atoms with Gasteiger partial charge in [-0.05, 0) is 19.3 Å². The van der Waals surface area contributed by atoms with Crippen LogP contribution in [0.3, 0.4) is 0 Å². The van der Waals surface area contributed by atoms with Gasteiger partial charge in [-0.3, -0.25) is 0 Å². The highest BCUT2D eigenvalue weighted by Gasteiger charge is 2.16. The molecule has 14 heavy (non-hydrogen) atoms. The van der Waals surface area contributed by atoms with E-state index >= 15 is 0 Å². The first kappa shape index (κ1) is 9.55. The molecule has 0 aliphatic carbocycles. The van der Waals surface area contributed by atoms with Crippen LogP contribution < -0.4 is 5.73 Å². The van der Waals surface area contributed by atoms with Gasteiger partial charge in [-0.2, -0.15) is 0 Å². The molecule has 1 aromatic heterocycles. The van der Waals surface area contributed by atoms with Crippen molar-refractivity contribution in [3.05, 3.63) is 23.8 Å². The third kappa shape index (κ3) is 2.08. The molecule has 1 aliphatic heterocycles. The first-order chi connectivity index (χ1) is 6.90. The lowest BCUT2D eigenvalue weighted by atomic mass is 10.0. The minimum absolute atomic E-state index is 0.190. The van der Waals surface area contributed by atoms with Crippen molar-refractivity contribution in [3.8, 4) is 0 Å². The molecule has 1 fully saturated rings. The Labute approximate surface area is 83.5 Å². The van der Waals surface area contributed by atoms with Gasteiger partial charge < -0.3 is 10.5 Å². The molecular formula is C10H15N3O. The Morgan fingerprint density at radius 2 is 2.14 bits per heavy atom. The van der Waals surface area contributed by atoms with E-state index in [2.05, 4.69) is 9.97 Å². The van der Waals surface area contributed by atoms with E-state index in [0.29, 0.717) is 12.4 Å². The van der Waals surface area contributed by atoms with Gasteiger partial charge in [0.15, 0.2) is 0 Å². The Bertz CT molecular complexity index is 280. The highest BCUT2D eigenvalue weighted by Crippen LogP contribution is 2.26. The van der Waals surface area contributed by atoms with Crippen LogP contribution in [0.15, 0.2) is 12.4 Å². The first-order valence-electron chi connectivity index (χ1n) is 5.02. The molecule has 4 nitrogen and oxygen atoms in total. The molecule has 0 saturated carbocycles. The van der Waals surface area contributed by atoms with E-state index in [1.165, 1.54) is 6.42 Å². The molecule has 0 radical (unpaired) electrons. The molecule has 1 atom stereocenters. The van der Waals surface area contributed by atoms with E-state index in [1.807, 2.05) is 12.4 Å². The molecule has 76 valence electrons. The summed E-state index contributed by atoms with van der Waals surface area (Å²) in [5.41, 5.74) is 6.49. The van der Waals surface area contributed by atoms with Gasteiger partial charge in [-0.15, -0.1) is 0 Å². The third-order valence-electron chi connectivity index (χ3n) is 2.46. The lowest BCUT2D eigenvalue weighted by molar-refractivity contribution is 0.0145. The fourth-order valence-electron chi connectivity index (χ4n) is 1.64. The van der Waals surface area contributed by atoms with E-state index in [4.69, 9.17) is 10.5 Å². The van der Waals surface area contributed by atoms with Crippen LogP contribution in [0.4, 0.5) is 0 Å². The molecule has 1 aliphatic rings. The van der Waals surface area contributed by atoms with Crippen LogP contribution in [0, 0.1) is 0 Å². The summed E-state index contributed by atoms with van der Waals surface area (Å²) in [6, 6.07) is 0. The molecule has 1 unspecified atom stereocenters. The second kappa shape index (κ2) is 4.48. The van der Waals surface area contributed by atoms with E-state index in [0.717, 1.165) is 25.0 Å². The summed E-state index contributed by atoms with van der Waals surface area (Å²) in [6.45, 7) is 1.25. The van der Waals surface area contributed by atoms with E-state index < -0.39 is 0 Å². The zero-order valence-corrected chi connectivity index (χ0v) is 8.15. The van der Waals surface area contributed by atoms with Gasteiger partial charge in [0.25, 0.3) is 0 Å². The molecular weight excluding hydrogens is 178 g/mol. The maximum atomic E-state index is 5.63. The van der Waals surface area contributed by atoms with E-state index in [1.54, 1.807) is 0 Å². The smallest absolute Gasteiger partial charge is 0.141 e.